The van der Waals surface area contributed by atoms with E-state index in [0.29, 0.717) is 19.3 Å². The minimum absolute atomic E-state index is 0.0696. The molecule has 0 aliphatic heterocycles. The number of allylic oxidation sites excluding steroid dienone is 8. The molecule has 79 heavy (non-hydrogen) atoms. The molecule has 6 nitrogen and oxygen atoms in total. The number of ether oxygens (including phenoxy) is 3. The summed E-state index contributed by atoms with van der Waals surface area (Å²) in [6.45, 7) is 6.64. The Hall–Kier alpha value is -2.63. The predicted octanol–water partition coefficient (Wildman–Crippen LogP) is 24.1. The van der Waals surface area contributed by atoms with Gasteiger partial charge in [0.05, 0.1) is 0 Å². The SMILES string of the molecule is CCCCCCC/C=C\C/C=C\C/C=C\CCCCCCCCCCCCCCC(=O)OCC(COC(=O)CCCCCCCCC)OC(=O)CCCCCCCCCCCCCCCCC/C=C\CCCCCCCCCC. The van der Waals surface area contributed by atoms with Crippen molar-refractivity contribution < 1.29 is 28.6 Å². The van der Waals surface area contributed by atoms with Gasteiger partial charge in [-0.2, -0.15) is 0 Å². The van der Waals surface area contributed by atoms with Crippen LogP contribution in [0.15, 0.2) is 48.6 Å². The minimum atomic E-state index is -0.770. The maximum Gasteiger partial charge on any atom is 0.306 e. The van der Waals surface area contributed by atoms with Crippen molar-refractivity contribution in [3.05, 3.63) is 48.6 Å². The molecule has 0 N–H and O–H groups in total. The monoisotopic (exact) mass is 1110 g/mol. The van der Waals surface area contributed by atoms with Crippen LogP contribution in [0.1, 0.15) is 380 Å². The number of hydrogen-bond acceptors (Lipinski definition) is 6. The van der Waals surface area contributed by atoms with Gasteiger partial charge in [-0.05, 0) is 83.5 Å². The van der Waals surface area contributed by atoms with E-state index in [4.69, 9.17) is 14.2 Å². The van der Waals surface area contributed by atoms with Crippen molar-refractivity contribution in [3.8, 4) is 0 Å². The van der Waals surface area contributed by atoms with Crippen molar-refractivity contribution in [2.75, 3.05) is 13.2 Å². The zero-order chi connectivity index (χ0) is 57.1. The van der Waals surface area contributed by atoms with Gasteiger partial charge < -0.3 is 14.2 Å². The Kier molecular flexibility index (Phi) is 65.6. The van der Waals surface area contributed by atoms with Gasteiger partial charge in [-0.25, -0.2) is 0 Å². The lowest BCUT2D eigenvalue weighted by Crippen LogP contribution is -2.30. The molecule has 1 atom stereocenters. The van der Waals surface area contributed by atoms with Crippen LogP contribution in [-0.4, -0.2) is 37.2 Å². The molecule has 0 amide bonds. The number of carbonyl (C=O) groups excluding carboxylic acids is 3. The number of unbranched alkanes of at least 4 members (excludes halogenated alkanes) is 46. The first-order chi connectivity index (χ1) is 39.0. The van der Waals surface area contributed by atoms with Gasteiger partial charge in [-0.15, -0.1) is 0 Å². The Labute approximate surface area is 492 Å². The second-order valence-corrected chi connectivity index (χ2v) is 23.8. The Morgan fingerprint density at radius 2 is 0.456 bits per heavy atom. The van der Waals surface area contributed by atoms with E-state index in [1.165, 1.54) is 270 Å². The highest BCUT2D eigenvalue weighted by atomic mass is 16.6. The summed E-state index contributed by atoms with van der Waals surface area (Å²) in [5.41, 5.74) is 0. The van der Waals surface area contributed by atoms with Crippen LogP contribution < -0.4 is 0 Å². The van der Waals surface area contributed by atoms with Gasteiger partial charge in [0.2, 0.25) is 0 Å². The van der Waals surface area contributed by atoms with Crippen molar-refractivity contribution in [2.45, 2.75) is 386 Å². The van der Waals surface area contributed by atoms with Gasteiger partial charge in [0.15, 0.2) is 6.10 Å². The maximum atomic E-state index is 12.9. The Bertz CT molecular complexity index is 1360. The van der Waals surface area contributed by atoms with E-state index in [9.17, 15) is 14.4 Å². The fraction of sp³-hybridized carbons (Fsp3) is 0.849. The van der Waals surface area contributed by atoms with Crippen molar-refractivity contribution in [1.29, 1.82) is 0 Å². The van der Waals surface area contributed by atoms with Gasteiger partial charge in [-0.1, -0.05) is 326 Å². The van der Waals surface area contributed by atoms with Crippen LogP contribution in [0.4, 0.5) is 0 Å². The van der Waals surface area contributed by atoms with E-state index < -0.39 is 6.10 Å². The van der Waals surface area contributed by atoms with Crippen LogP contribution in [0.25, 0.3) is 0 Å². The largest absolute Gasteiger partial charge is 0.462 e. The van der Waals surface area contributed by atoms with E-state index in [0.717, 1.165) is 70.6 Å². The summed E-state index contributed by atoms with van der Waals surface area (Å²) >= 11 is 0. The summed E-state index contributed by atoms with van der Waals surface area (Å²) in [5.74, 6) is -0.855. The number of esters is 3. The predicted molar refractivity (Wildman–Crippen MR) is 344 cm³/mol. The van der Waals surface area contributed by atoms with E-state index >= 15 is 0 Å². The van der Waals surface area contributed by atoms with Crippen molar-refractivity contribution in [1.82, 2.24) is 0 Å². The summed E-state index contributed by atoms with van der Waals surface area (Å²) in [6.07, 6.45) is 86.0. The lowest BCUT2D eigenvalue weighted by molar-refractivity contribution is -0.167. The van der Waals surface area contributed by atoms with Gasteiger partial charge >= 0.3 is 17.9 Å². The molecule has 0 bridgehead atoms. The smallest absolute Gasteiger partial charge is 0.306 e. The van der Waals surface area contributed by atoms with Crippen LogP contribution in [0.2, 0.25) is 0 Å². The summed E-state index contributed by atoms with van der Waals surface area (Å²) in [5, 5.41) is 0. The average molecular weight is 1110 g/mol. The summed E-state index contributed by atoms with van der Waals surface area (Å²) in [6, 6.07) is 0. The number of carbonyl (C=O) groups is 3. The molecule has 1 unspecified atom stereocenters. The van der Waals surface area contributed by atoms with Crippen LogP contribution in [0.5, 0.6) is 0 Å². The lowest BCUT2D eigenvalue weighted by atomic mass is 10.0. The van der Waals surface area contributed by atoms with Crippen LogP contribution in [-0.2, 0) is 28.6 Å². The molecule has 0 fully saturated rings. The molecule has 0 aliphatic carbocycles. The summed E-state index contributed by atoms with van der Waals surface area (Å²) in [7, 11) is 0. The van der Waals surface area contributed by atoms with Crippen LogP contribution in [0, 0.1) is 0 Å². The van der Waals surface area contributed by atoms with Gasteiger partial charge in [0, 0.05) is 19.3 Å². The first-order valence-electron chi connectivity index (χ1n) is 35.1. The third-order valence-electron chi connectivity index (χ3n) is 15.8. The van der Waals surface area contributed by atoms with Gasteiger partial charge in [0.1, 0.15) is 13.2 Å². The van der Waals surface area contributed by atoms with Crippen LogP contribution in [0.3, 0.4) is 0 Å². The molecule has 0 aromatic heterocycles. The Balaban J connectivity index is 4.05. The van der Waals surface area contributed by atoms with Crippen molar-refractivity contribution >= 4 is 17.9 Å². The highest BCUT2D eigenvalue weighted by molar-refractivity contribution is 5.71. The first-order valence-corrected chi connectivity index (χ1v) is 35.1. The van der Waals surface area contributed by atoms with E-state index in [1.54, 1.807) is 0 Å². The molecule has 0 saturated carbocycles. The third-order valence-corrected chi connectivity index (χ3v) is 15.8. The second-order valence-electron chi connectivity index (χ2n) is 23.8. The molecule has 0 aromatic rings. The van der Waals surface area contributed by atoms with E-state index in [2.05, 4.69) is 69.4 Å². The fourth-order valence-electron chi connectivity index (χ4n) is 10.5. The molecular formula is C73H134O6. The topological polar surface area (TPSA) is 78.9 Å². The normalized spacial score (nSPS) is 12.3. The molecule has 0 rings (SSSR count). The highest BCUT2D eigenvalue weighted by Crippen LogP contribution is 2.18. The zero-order valence-electron chi connectivity index (χ0n) is 53.2. The molecule has 462 valence electrons. The molecular weight excluding hydrogens is 973 g/mol. The number of rotatable bonds is 65. The van der Waals surface area contributed by atoms with Crippen molar-refractivity contribution in [2.24, 2.45) is 0 Å². The fourth-order valence-corrected chi connectivity index (χ4v) is 10.5. The average Bonchev–Trinajstić information content (AvgIpc) is 3.45. The van der Waals surface area contributed by atoms with Gasteiger partial charge in [0.25, 0.3) is 0 Å². The molecule has 0 saturated heterocycles. The molecule has 0 radical (unpaired) electrons. The highest BCUT2D eigenvalue weighted by Gasteiger charge is 2.19. The zero-order valence-corrected chi connectivity index (χ0v) is 53.2. The minimum Gasteiger partial charge on any atom is -0.462 e. The molecule has 0 heterocycles. The molecule has 0 spiro atoms. The van der Waals surface area contributed by atoms with E-state index in [-0.39, 0.29) is 31.1 Å². The molecule has 0 aromatic carbocycles. The van der Waals surface area contributed by atoms with E-state index in [1.807, 2.05) is 0 Å². The molecule has 6 heteroatoms. The van der Waals surface area contributed by atoms with Crippen LogP contribution >= 0.6 is 0 Å². The molecule has 0 aliphatic rings. The van der Waals surface area contributed by atoms with Crippen molar-refractivity contribution in [3.63, 3.8) is 0 Å². The Morgan fingerprint density at radius 3 is 0.722 bits per heavy atom. The van der Waals surface area contributed by atoms with Gasteiger partial charge in [-0.3, -0.25) is 14.4 Å². The quantitative estimate of drug-likeness (QED) is 0.0261. The Morgan fingerprint density at radius 1 is 0.253 bits per heavy atom. The second kappa shape index (κ2) is 67.9. The lowest BCUT2D eigenvalue weighted by Gasteiger charge is -2.18. The number of hydrogen-bond donors (Lipinski definition) is 0. The maximum absolute atomic E-state index is 12.9. The standard InChI is InChI=1S/C73H134O6/c1-4-7-10-13-16-18-20-22-24-26-28-30-32-34-36-38-40-42-44-46-48-50-52-54-57-60-63-66-72(75)78-69-70(68-77-71(74)65-62-59-56-15-12-9-6-3)79-73(76)67-64-61-58-55-53-51-49-47-45-43-41-39-37-35-33-31-29-27-25-23-21-19-17-14-11-8-5-2/h20,22,26-29,32,34,70H,4-19,21,23-25,30-31,33,35-69H2,1-3H3/b22-20-,28-26-,29-27-,34-32-. The summed E-state index contributed by atoms with van der Waals surface area (Å²) in [4.78, 5) is 38.2. The first kappa shape index (κ1) is 76.4. The third kappa shape index (κ3) is 66.1. The summed E-state index contributed by atoms with van der Waals surface area (Å²) < 4.78 is 16.9.